The first kappa shape index (κ1) is 25.9. The highest BCUT2D eigenvalue weighted by Crippen LogP contribution is 2.39. The third kappa shape index (κ3) is 6.05. The molecule has 0 saturated heterocycles. The first-order valence-corrected chi connectivity index (χ1v) is 13.1. The van der Waals surface area contributed by atoms with E-state index in [0.29, 0.717) is 47.1 Å². The molecule has 1 N–H and O–H groups in total. The summed E-state index contributed by atoms with van der Waals surface area (Å²) in [5, 5.41) is 8.58. The number of anilines is 1. The molecule has 0 radical (unpaired) electrons. The fourth-order valence-corrected chi connectivity index (χ4v) is 4.41. The predicted octanol–water partition coefficient (Wildman–Crippen LogP) is 5.60. The Morgan fingerprint density at radius 2 is 1.94 bits per heavy atom. The zero-order valence-corrected chi connectivity index (χ0v) is 21.7. The van der Waals surface area contributed by atoms with Crippen molar-refractivity contribution in [3.8, 4) is 11.5 Å². The maximum atomic E-state index is 13.1. The van der Waals surface area contributed by atoms with E-state index in [1.807, 2.05) is 32.0 Å². The summed E-state index contributed by atoms with van der Waals surface area (Å²) in [5.74, 6) is 2.40. The maximum Gasteiger partial charge on any atom is 0.338 e. The van der Waals surface area contributed by atoms with Crippen LogP contribution in [-0.2, 0) is 9.53 Å². The molecule has 2 aromatic rings. The van der Waals surface area contributed by atoms with Crippen molar-refractivity contribution in [2.24, 2.45) is 0 Å². The van der Waals surface area contributed by atoms with Gasteiger partial charge in [0.2, 0.25) is 11.1 Å². The van der Waals surface area contributed by atoms with Gasteiger partial charge in [-0.1, -0.05) is 57.9 Å². The van der Waals surface area contributed by atoms with E-state index in [9.17, 15) is 4.79 Å². The Balaban J connectivity index is 1.96. The van der Waals surface area contributed by atoms with Crippen molar-refractivity contribution < 1.29 is 19.0 Å². The molecule has 0 fully saturated rings. The summed E-state index contributed by atoms with van der Waals surface area (Å²) in [6.45, 7) is 9.08. The summed E-state index contributed by atoms with van der Waals surface area (Å²) in [6, 6.07) is 5.28. The highest BCUT2D eigenvalue weighted by molar-refractivity contribution is 7.99. The van der Waals surface area contributed by atoms with Crippen molar-refractivity contribution >= 4 is 23.7 Å². The standard InChI is InChI=1S/C25H36N4O4S/c1-6-9-10-11-15-32-19-13-12-18(16-20(19)31-5)22-21(23(30)33-14-7-2)17(4)26-24-27-25(34-8-3)28-29(22)24/h12-13,16,22H,6-11,14-15H2,1-5H3,(H,26,27,28). The molecule has 1 aromatic heterocycles. The average Bonchev–Trinajstić information content (AvgIpc) is 3.23. The number of hydrogen-bond acceptors (Lipinski definition) is 8. The van der Waals surface area contributed by atoms with E-state index in [4.69, 9.17) is 19.3 Å². The molecule has 3 rings (SSSR count). The Morgan fingerprint density at radius 1 is 1.12 bits per heavy atom. The Morgan fingerprint density at radius 3 is 2.65 bits per heavy atom. The quantitative estimate of drug-likeness (QED) is 0.221. The molecule has 1 atom stereocenters. The first-order valence-electron chi connectivity index (χ1n) is 12.1. The van der Waals surface area contributed by atoms with E-state index >= 15 is 0 Å². The van der Waals surface area contributed by atoms with Crippen LogP contribution in [0.3, 0.4) is 0 Å². The van der Waals surface area contributed by atoms with Crippen LogP contribution in [0.25, 0.3) is 0 Å². The van der Waals surface area contributed by atoms with E-state index in [2.05, 4.69) is 24.1 Å². The van der Waals surface area contributed by atoms with Gasteiger partial charge in [0.25, 0.3) is 0 Å². The van der Waals surface area contributed by atoms with E-state index in [0.717, 1.165) is 30.6 Å². The molecule has 1 unspecified atom stereocenters. The molecule has 8 nitrogen and oxygen atoms in total. The number of carbonyl (C=O) groups excluding carboxylic acids is 1. The summed E-state index contributed by atoms with van der Waals surface area (Å²) in [4.78, 5) is 17.7. The molecular formula is C25H36N4O4S. The molecule has 1 aliphatic rings. The van der Waals surface area contributed by atoms with Gasteiger partial charge >= 0.3 is 5.97 Å². The number of methoxy groups -OCH3 is 1. The summed E-state index contributed by atoms with van der Waals surface area (Å²) in [7, 11) is 1.62. The highest BCUT2D eigenvalue weighted by atomic mass is 32.2. The minimum absolute atomic E-state index is 0.359. The second-order valence-corrected chi connectivity index (χ2v) is 9.35. The lowest BCUT2D eigenvalue weighted by Crippen LogP contribution is -2.29. The van der Waals surface area contributed by atoms with Crippen LogP contribution in [0.15, 0.2) is 34.6 Å². The number of thioether (sulfide) groups is 1. The number of rotatable bonds is 13. The monoisotopic (exact) mass is 488 g/mol. The Hall–Kier alpha value is -2.68. The van der Waals surface area contributed by atoms with Crippen LogP contribution < -0.4 is 14.8 Å². The van der Waals surface area contributed by atoms with Gasteiger partial charge in [-0.3, -0.25) is 0 Å². The highest BCUT2D eigenvalue weighted by Gasteiger charge is 2.35. The average molecular weight is 489 g/mol. The number of allylic oxidation sites excluding steroid dienone is 1. The fourth-order valence-electron chi connectivity index (χ4n) is 3.85. The van der Waals surface area contributed by atoms with Crippen molar-refractivity contribution in [3.63, 3.8) is 0 Å². The number of nitrogens with zero attached hydrogens (tertiary/aromatic N) is 3. The first-order chi connectivity index (χ1) is 16.5. The van der Waals surface area contributed by atoms with Gasteiger partial charge in [0.1, 0.15) is 6.04 Å². The lowest BCUT2D eigenvalue weighted by atomic mass is 9.95. The lowest BCUT2D eigenvalue weighted by Gasteiger charge is -2.28. The summed E-state index contributed by atoms with van der Waals surface area (Å²) in [6.07, 6.45) is 5.29. The van der Waals surface area contributed by atoms with Crippen LogP contribution >= 0.6 is 11.8 Å². The van der Waals surface area contributed by atoms with Crippen LogP contribution in [0.1, 0.15) is 71.4 Å². The molecule has 1 aliphatic heterocycles. The van der Waals surface area contributed by atoms with E-state index < -0.39 is 6.04 Å². The molecule has 0 aliphatic carbocycles. The predicted molar refractivity (Wildman–Crippen MR) is 135 cm³/mol. The van der Waals surface area contributed by atoms with Gasteiger partial charge in [0, 0.05) is 5.70 Å². The van der Waals surface area contributed by atoms with Crippen LogP contribution in [-0.4, -0.2) is 46.8 Å². The van der Waals surface area contributed by atoms with Crippen molar-refractivity contribution in [2.75, 3.05) is 31.4 Å². The number of aromatic nitrogens is 3. The van der Waals surface area contributed by atoms with Gasteiger partial charge in [-0.05, 0) is 43.2 Å². The molecule has 0 saturated carbocycles. The number of hydrogen-bond donors (Lipinski definition) is 1. The topological polar surface area (TPSA) is 87.5 Å². The van der Waals surface area contributed by atoms with E-state index in [1.54, 1.807) is 23.6 Å². The number of nitrogens with one attached hydrogen (secondary N) is 1. The summed E-state index contributed by atoms with van der Waals surface area (Å²) in [5.41, 5.74) is 2.06. The maximum absolute atomic E-state index is 13.1. The van der Waals surface area contributed by atoms with Crippen molar-refractivity contribution in [1.82, 2.24) is 14.8 Å². The van der Waals surface area contributed by atoms with Gasteiger partial charge in [-0.25, -0.2) is 9.48 Å². The smallest absolute Gasteiger partial charge is 0.338 e. The number of carbonyl (C=O) groups is 1. The van der Waals surface area contributed by atoms with E-state index in [-0.39, 0.29) is 5.97 Å². The van der Waals surface area contributed by atoms with Crippen LogP contribution in [0.5, 0.6) is 11.5 Å². The molecule has 9 heteroatoms. The molecule has 1 aromatic carbocycles. The summed E-state index contributed by atoms with van der Waals surface area (Å²) < 4.78 is 18.9. The zero-order valence-electron chi connectivity index (χ0n) is 20.8. The molecule has 2 heterocycles. The van der Waals surface area contributed by atoms with Gasteiger partial charge < -0.3 is 19.5 Å². The summed E-state index contributed by atoms with van der Waals surface area (Å²) >= 11 is 1.55. The number of ether oxygens (including phenoxy) is 3. The van der Waals surface area contributed by atoms with E-state index in [1.165, 1.54) is 12.8 Å². The largest absolute Gasteiger partial charge is 0.493 e. The Bertz CT molecular complexity index is 1000. The molecule has 0 bridgehead atoms. The number of fused-ring (bicyclic) bond motifs is 1. The van der Waals surface area contributed by atoms with Crippen LogP contribution in [0.4, 0.5) is 5.95 Å². The van der Waals surface area contributed by atoms with Crippen molar-refractivity contribution in [3.05, 3.63) is 35.0 Å². The van der Waals surface area contributed by atoms with Crippen molar-refractivity contribution in [1.29, 1.82) is 0 Å². The van der Waals surface area contributed by atoms with Crippen LogP contribution in [0.2, 0.25) is 0 Å². The molecule has 34 heavy (non-hydrogen) atoms. The fraction of sp³-hybridized carbons (Fsp3) is 0.560. The molecule has 0 spiro atoms. The zero-order chi connectivity index (χ0) is 24.5. The third-order valence-electron chi connectivity index (χ3n) is 5.52. The van der Waals surface area contributed by atoms with Crippen molar-refractivity contribution in [2.45, 2.75) is 71.0 Å². The van der Waals surface area contributed by atoms with Gasteiger partial charge in [0.05, 0.1) is 25.9 Å². The van der Waals surface area contributed by atoms with Gasteiger partial charge in [-0.2, -0.15) is 4.98 Å². The Kier molecular flexibility index (Phi) is 9.68. The van der Waals surface area contributed by atoms with Crippen LogP contribution in [0, 0.1) is 0 Å². The number of unbranched alkanes of at least 4 members (excludes halogenated alkanes) is 3. The van der Waals surface area contributed by atoms with Gasteiger partial charge in [-0.15, -0.1) is 5.10 Å². The number of benzene rings is 1. The lowest BCUT2D eigenvalue weighted by molar-refractivity contribution is -0.139. The minimum Gasteiger partial charge on any atom is -0.493 e. The Labute approximate surface area is 206 Å². The number of esters is 1. The second kappa shape index (κ2) is 12.7. The second-order valence-electron chi connectivity index (χ2n) is 8.12. The third-order valence-corrected chi connectivity index (χ3v) is 6.24. The normalized spacial score (nSPS) is 15.0. The molecule has 186 valence electrons. The molecular weight excluding hydrogens is 452 g/mol. The SMILES string of the molecule is CCCCCCOc1ccc(C2C(C(=O)OCCC)=C(C)Nc3nc(SCC)nn32)cc1OC. The molecule has 0 amide bonds. The van der Waals surface area contributed by atoms with Gasteiger partial charge in [0.15, 0.2) is 11.5 Å². The minimum atomic E-state index is -0.494.